The van der Waals surface area contributed by atoms with Gasteiger partial charge in [-0.05, 0) is 68.6 Å². The Morgan fingerprint density at radius 3 is 2.10 bits per heavy atom. The van der Waals surface area contributed by atoms with Gasteiger partial charge in [-0.1, -0.05) is 45.9 Å². The van der Waals surface area contributed by atoms with Gasteiger partial charge >= 0.3 is 0 Å². The molecule has 0 radical (unpaired) electrons. The highest BCUT2D eigenvalue weighted by atomic mass is 14.9. The largest absolute Gasteiger partial charge is 0.312 e. The number of aryl methyl sites for hydroxylation is 3. The molecule has 21 heavy (non-hydrogen) atoms. The number of hydrogen-bond donors (Lipinski definition) is 1. The van der Waals surface area contributed by atoms with Crippen molar-refractivity contribution in [2.75, 3.05) is 6.54 Å². The molecule has 1 aromatic rings. The van der Waals surface area contributed by atoms with E-state index < -0.39 is 0 Å². The van der Waals surface area contributed by atoms with E-state index in [2.05, 4.69) is 72.0 Å². The molecule has 120 valence electrons. The second-order valence-corrected chi connectivity index (χ2v) is 8.08. The SMILES string of the molecule is CCc1ccc(CC)c(CCC(C)(C)CNC(C)(C)C)c1. The van der Waals surface area contributed by atoms with E-state index in [1.165, 1.54) is 24.0 Å². The van der Waals surface area contributed by atoms with Crippen molar-refractivity contribution in [2.45, 2.75) is 79.7 Å². The summed E-state index contributed by atoms with van der Waals surface area (Å²) in [4.78, 5) is 0. The summed E-state index contributed by atoms with van der Waals surface area (Å²) in [6.07, 6.45) is 4.69. The Kier molecular flexibility index (Phi) is 6.46. The van der Waals surface area contributed by atoms with Crippen molar-refractivity contribution >= 4 is 0 Å². The van der Waals surface area contributed by atoms with E-state index in [-0.39, 0.29) is 5.54 Å². The molecule has 0 aliphatic rings. The molecule has 0 aliphatic carbocycles. The summed E-state index contributed by atoms with van der Waals surface area (Å²) in [5.41, 5.74) is 5.08. The van der Waals surface area contributed by atoms with Gasteiger partial charge in [-0.25, -0.2) is 0 Å². The van der Waals surface area contributed by atoms with Crippen molar-refractivity contribution in [3.05, 3.63) is 34.9 Å². The summed E-state index contributed by atoms with van der Waals surface area (Å²) in [7, 11) is 0. The molecule has 0 atom stereocenters. The third-order valence-corrected chi connectivity index (χ3v) is 4.23. The molecule has 0 spiro atoms. The van der Waals surface area contributed by atoms with Gasteiger partial charge in [0.25, 0.3) is 0 Å². The van der Waals surface area contributed by atoms with E-state index in [1.54, 1.807) is 5.56 Å². The lowest BCUT2D eigenvalue weighted by molar-refractivity contribution is 0.273. The molecule has 0 amide bonds. The number of hydrogen-bond acceptors (Lipinski definition) is 1. The van der Waals surface area contributed by atoms with E-state index in [4.69, 9.17) is 0 Å². The molecule has 0 fully saturated rings. The molecule has 1 nitrogen and oxygen atoms in total. The molecule has 1 heteroatoms. The van der Waals surface area contributed by atoms with Crippen LogP contribution in [0.5, 0.6) is 0 Å². The summed E-state index contributed by atoms with van der Waals surface area (Å²) >= 11 is 0. The number of benzene rings is 1. The molecule has 1 aromatic carbocycles. The Balaban J connectivity index is 2.68. The molecule has 0 aromatic heterocycles. The molecule has 0 saturated carbocycles. The van der Waals surface area contributed by atoms with Crippen LogP contribution in [0.4, 0.5) is 0 Å². The van der Waals surface area contributed by atoms with E-state index in [0.29, 0.717) is 5.41 Å². The first kappa shape index (κ1) is 18.2. The smallest absolute Gasteiger partial charge is 0.00967 e. The van der Waals surface area contributed by atoms with Crippen LogP contribution in [-0.2, 0) is 19.3 Å². The molecule has 1 rings (SSSR count). The first-order chi connectivity index (χ1) is 9.67. The Morgan fingerprint density at radius 1 is 0.905 bits per heavy atom. The van der Waals surface area contributed by atoms with Gasteiger partial charge in [0, 0.05) is 12.1 Å². The van der Waals surface area contributed by atoms with Crippen molar-refractivity contribution in [3.63, 3.8) is 0 Å². The lowest BCUT2D eigenvalue weighted by atomic mass is 9.84. The van der Waals surface area contributed by atoms with Crippen LogP contribution in [0.25, 0.3) is 0 Å². The molecule has 0 unspecified atom stereocenters. The van der Waals surface area contributed by atoms with Crippen LogP contribution in [0.1, 0.15) is 71.6 Å². The monoisotopic (exact) mass is 289 g/mol. The van der Waals surface area contributed by atoms with Gasteiger partial charge in [-0.15, -0.1) is 0 Å². The van der Waals surface area contributed by atoms with Gasteiger partial charge in [0.15, 0.2) is 0 Å². The minimum Gasteiger partial charge on any atom is -0.312 e. The molecule has 0 saturated heterocycles. The topological polar surface area (TPSA) is 12.0 Å². The second-order valence-electron chi connectivity index (χ2n) is 8.08. The number of nitrogens with one attached hydrogen (secondary N) is 1. The van der Waals surface area contributed by atoms with Crippen molar-refractivity contribution in [1.82, 2.24) is 5.32 Å². The van der Waals surface area contributed by atoms with Crippen LogP contribution in [0.3, 0.4) is 0 Å². The van der Waals surface area contributed by atoms with Gasteiger partial charge in [-0.3, -0.25) is 0 Å². The molecule has 0 aliphatic heterocycles. The second kappa shape index (κ2) is 7.45. The van der Waals surface area contributed by atoms with Crippen LogP contribution in [-0.4, -0.2) is 12.1 Å². The Bertz CT molecular complexity index is 438. The predicted octanol–water partition coefficient (Wildman–Crippen LogP) is 5.16. The molecular weight excluding hydrogens is 254 g/mol. The third kappa shape index (κ3) is 6.65. The third-order valence-electron chi connectivity index (χ3n) is 4.23. The van der Waals surface area contributed by atoms with Crippen LogP contribution >= 0.6 is 0 Å². The van der Waals surface area contributed by atoms with Crippen molar-refractivity contribution < 1.29 is 0 Å². The fourth-order valence-electron chi connectivity index (χ4n) is 2.54. The Morgan fingerprint density at radius 2 is 1.57 bits per heavy atom. The molecule has 0 heterocycles. The average Bonchev–Trinajstić information content (AvgIpc) is 2.42. The molecule has 0 bridgehead atoms. The van der Waals surface area contributed by atoms with Gasteiger partial charge in [0.1, 0.15) is 0 Å². The highest BCUT2D eigenvalue weighted by molar-refractivity contribution is 5.32. The van der Waals surface area contributed by atoms with E-state index >= 15 is 0 Å². The maximum absolute atomic E-state index is 3.65. The summed E-state index contributed by atoms with van der Waals surface area (Å²) in [5.74, 6) is 0. The minimum absolute atomic E-state index is 0.202. The molecule has 1 N–H and O–H groups in total. The van der Waals surface area contributed by atoms with Crippen molar-refractivity contribution in [1.29, 1.82) is 0 Å². The summed E-state index contributed by atoms with van der Waals surface area (Å²) in [6, 6.07) is 7.04. The predicted molar refractivity (Wildman–Crippen MR) is 95.1 cm³/mol. The first-order valence-electron chi connectivity index (χ1n) is 8.52. The van der Waals surface area contributed by atoms with Crippen molar-refractivity contribution in [3.8, 4) is 0 Å². The van der Waals surface area contributed by atoms with E-state index in [1.807, 2.05) is 0 Å². The van der Waals surface area contributed by atoms with Gasteiger partial charge < -0.3 is 5.32 Å². The Labute approximate surface area is 132 Å². The average molecular weight is 290 g/mol. The van der Waals surface area contributed by atoms with Crippen LogP contribution in [0, 0.1) is 5.41 Å². The zero-order valence-electron chi connectivity index (χ0n) is 15.3. The van der Waals surface area contributed by atoms with E-state index in [9.17, 15) is 0 Å². The summed E-state index contributed by atoms with van der Waals surface area (Å²) in [6.45, 7) is 17.0. The first-order valence-corrected chi connectivity index (χ1v) is 8.52. The number of rotatable bonds is 7. The van der Waals surface area contributed by atoms with Crippen LogP contribution in [0.2, 0.25) is 0 Å². The zero-order valence-corrected chi connectivity index (χ0v) is 15.3. The maximum atomic E-state index is 3.65. The standard InChI is InChI=1S/C20H35N/c1-8-16-10-11-17(9-2)18(14-16)12-13-20(6,7)15-21-19(3,4)5/h10-11,14,21H,8-9,12-13,15H2,1-7H3. The van der Waals surface area contributed by atoms with Gasteiger partial charge in [0.2, 0.25) is 0 Å². The van der Waals surface area contributed by atoms with Gasteiger partial charge in [0.05, 0.1) is 0 Å². The van der Waals surface area contributed by atoms with Crippen LogP contribution in [0.15, 0.2) is 18.2 Å². The Hall–Kier alpha value is -0.820. The zero-order chi connectivity index (χ0) is 16.1. The highest BCUT2D eigenvalue weighted by Gasteiger charge is 2.21. The lowest BCUT2D eigenvalue weighted by Gasteiger charge is -2.31. The fraction of sp³-hybridized carbons (Fsp3) is 0.700. The molecular formula is C20H35N. The highest BCUT2D eigenvalue weighted by Crippen LogP contribution is 2.25. The fourth-order valence-corrected chi connectivity index (χ4v) is 2.54. The lowest BCUT2D eigenvalue weighted by Crippen LogP contribution is -2.42. The maximum Gasteiger partial charge on any atom is 0.00967 e. The van der Waals surface area contributed by atoms with Crippen molar-refractivity contribution in [2.24, 2.45) is 5.41 Å². The van der Waals surface area contributed by atoms with Crippen LogP contribution < -0.4 is 5.32 Å². The summed E-state index contributed by atoms with van der Waals surface area (Å²) in [5, 5.41) is 3.65. The quantitative estimate of drug-likeness (QED) is 0.731. The normalized spacial score (nSPS) is 12.7. The van der Waals surface area contributed by atoms with Gasteiger partial charge in [-0.2, -0.15) is 0 Å². The van der Waals surface area contributed by atoms with E-state index in [0.717, 1.165) is 19.4 Å². The summed E-state index contributed by atoms with van der Waals surface area (Å²) < 4.78 is 0. The minimum atomic E-state index is 0.202.